The van der Waals surface area contributed by atoms with E-state index >= 15 is 0 Å². The van der Waals surface area contributed by atoms with Gasteiger partial charge in [0.1, 0.15) is 0 Å². The highest BCUT2D eigenvalue weighted by molar-refractivity contribution is 5.28. The Balaban J connectivity index is 2.05. The highest BCUT2D eigenvalue weighted by Gasteiger charge is 2.23. The molecule has 1 heterocycles. The fraction of sp³-hybridized carbons (Fsp3) is 0.625. The molecule has 0 bridgehead atoms. The lowest BCUT2D eigenvalue weighted by Gasteiger charge is -2.26. The molecule has 0 spiro atoms. The Hall–Kier alpha value is -0.900. The lowest BCUT2D eigenvalue weighted by Crippen LogP contribution is -2.31. The van der Waals surface area contributed by atoms with Gasteiger partial charge in [0.15, 0.2) is 0 Å². The molecule has 0 amide bonds. The number of nitrogens with two attached hydrogens (primary N) is 1. The van der Waals surface area contributed by atoms with E-state index in [9.17, 15) is 0 Å². The van der Waals surface area contributed by atoms with Crippen LogP contribution in [0.1, 0.15) is 37.0 Å². The van der Waals surface area contributed by atoms with Crippen molar-refractivity contribution in [3.63, 3.8) is 0 Å². The standard InChI is InChI=1S/C16H25NO2/c1-3-15(17)16(14-7-5-4-6-12(14)2)19-11-13-8-9-18-10-13/h4-7,13,15-16H,3,8-11,17H2,1-2H3. The number of aryl methyl sites for hydroxylation is 1. The summed E-state index contributed by atoms with van der Waals surface area (Å²) in [5, 5.41) is 0. The van der Waals surface area contributed by atoms with E-state index in [1.807, 2.05) is 0 Å². The topological polar surface area (TPSA) is 44.5 Å². The first-order chi connectivity index (χ1) is 9.22. The van der Waals surface area contributed by atoms with Crippen LogP contribution in [0.3, 0.4) is 0 Å². The van der Waals surface area contributed by atoms with Gasteiger partial charge in [0.2, 0.25) is 0 Å². The summed E-state index contributed by atoms with van der Waals surface area (Å²) in [5.41, 5.74) is 8.71. The van der Waals surface area contributed by atoms with Gasteiger partial charge >= 0.3 is 0 Å². The third-order valence-corrected chi connectivity index (χ3v) is 3.89. The van der Waals surface area contributed by atoms with E-state index in [2.05, 4.69) is 38.1 Å². The predicted molar refractivity (Wildman–Crippen MR) is 77.1 cm³/mol. The molecule has 1 fully saturated rings. The van der Waals surface area contributed by atoms with Crippen LogP contribution in [0.2, 0.25) is 0 Å². The Morgan fingerprint density at radius 2 is 2.21 bits per heavy atom. The Kier molecular flexibility index (Phi) is 5.37. The fourth-order valence-electron chi connectivity index (χ4n) is 2.52. The summed E-state index contributed by atoms with van der Waals surface area (Å²) in [6, 6.07) is 8.40. The molecule has 0 aromatic heterocycles. The van der Waals surface area contributed by atoms with E-state index in [-0.39, 0.29) is 12.1 Å². The van der Waals surface area contributed by atoms with Crippen LogP contribution in [0, 0.1) is 12.8 Å². The van der Waals surface area contributed by atoms with Crippen molar-refractivity contribution in [1.29, 1.82) is 0 Å². The van der Waals surface area contributed by atoms with Crippen molar-refractivity contribution in [3.05, 3.63) is 35.4 Å². The number of benzene rings is 1. The van der Waals surface area contributed by atoms with Crippen LogP contribution in [0.25, 0.3) is 0 Å². The number of rotatable bonds is 6. The average molecular weight is 263 g/mol. The van der Waals surface area contributed by atoms with Gasteiger partial charge in [-0.15, -0.1) is 0 Å². The second-order valence-corrected chi connectivity index (χ2v) is 5.41. The molecule has 3 nitrogen and oxygen atoms in total. The van der Waals surface area contributed by atoms with Crippen LogP contribution < -0.4 is 5.73 Å². The molecule has 0 aliphatic carbocycles. The summed E-state index contributed by atoms with van der Waals surface area (Å²) < 4.78 is 11.5. The van der Waals surface area contributed by atoms with E-state index in [0.29, 0.717) is 5.92 Å². The molecule has 1 saturated heterocycles. The summed E-state index contributed by atoms with van der Waals surface area (Å²) in [5.74, 6) is 0.524. The van der Waals surface area contributed by atoms with Crippen LogP contribution in [0.5, 0.6) is 0 Å². The van der Waals surface area contributed by atoms with Crippen molar-refractivity contribution < 1.29 is 9.47 Å². The van der Waals surface area contributed by atoms with Crippen molar-refractivity contribution in [2.24, 2.45) is 11.7 Å². The van der Waals surface area contributed by atoms with Crippen molar-refractivity contribution in [1.82, 2.24) is 0 Å². The molecule has 19 heavy (non-hydrogen) atoms. The zero-order valence-electron chi connectivity index (χ0n) is 12.0. The van der Waals surface area contributed by atoms with Gasteiger partial charge in [-0.2, -0.15) is 0 Å². The zero-order chi connectivity index (χ0) is 13.7. The van der Waals surface area contributed by atoms with E-state index in [1.165, 1.54) is 11.1 Å². The fourth-order valence-corrected chi connectivity index (χ4v) is 2.52. The maximum absolute atomic E-state index is 6.25. The molecule has 2 N–H and O–H groups in total. The van der Waals surface area contributed by atoms with Gasteiger partial charge < -0.3 is 15.2 Å². The number of ether oxygens (including phenoxy) is 2. The summed E-state index contributed by atoms with van der Waals surface area (Å²) in [6.07, 6.45) is 2.01. The molecule has 0 radical (unpaired) electrons. The van der Waals surface area contributed by atoms with Crippen LogP contribution >= 0.6 is 0 Å². The Bertz CT molecular complexity index is 388. The van der Waals surface area contributed by atoms with Crippen molar-refractivity contribution in [2.45, 2.75) is 38.8 Å². The minimum atomic E-state index is -0.00759. The van der Waals surface area contributed by atoms with Crippen molar-refractivity contribution in [3.8, 4) is 0 Å². The molecule has 106 valence electrons. The minimum Gasteiger partial charge on any atom is -0.381 e. The second kappa shape index (κ2) is 7.04. The largest absolute Gasteiger partial charge is 0.381 e. The third-order valence-electron chi connectivity index (χ3n) is 3.89. The van der Waals surface area contributed by atoms with Crippen LogP contribution in [0.15, 0.2) is 24.3 Å². The van der Waals surface area contributed by atoms with Gasteiger partial charge in [0.05, 0.1) is 19.3 Å². The summed E-state index contributed by atoms with van der Waals surface area (Å²) >= 11 is 0. The van der Waals surface area contributed by atoms with Crippen molar-refractivity contribution >= 4 is 0 Å². The lowest BCUT2D eigenvalue weighted by atomic mass is 9.96. The summed E-state index contributed by atoms with van der Waals surface area (Å²) in [7, 11) is 0. The van der Waals surface area contributed by atoms with E-state index < -0.39 is 0 Å². The van der Waals surface area contributed by atoms with Gasteiger partial charge in [-0.1, -0.05) is 31.2 Å². The molecule has 3 unspecified atom stereocenters. The Morgan fingerprint density at radius 1 is 1.42 bits per heavy atom. The monoisotopic (exact) mass is 263 g/mol. The smallest absolute Gasteiger partial charge is 0.0978 e. The highest BCUT2D eigenvalue weighted by atomic mass is 16.5. The predicted octanol–water partition coefficient (Wildman–Crippen LogP) is 2.83. The molecular formula is C16H25NO2. The van der Waals surface area contributed by atoms with E-state index in [4.69, 9.17) is 15.2 Å². The number of hydrogen-bond donors (Lipinski definition) is 1. The van der Waals surface area contributed by atoms with Gasteiger partial charge in [0.25, 0.3) is 0 Å². The van der Waals surface area contributed by atoms with Crippen LogP contribution in [-0.4, -0.2) is 25.9 Å². The molecule has 2 rings (SSSR count). The number of hydrogen-bond acceptors (Lipinski definition) is 3. The van der Waals surface area contributed by atoms with Gasteiger partial charge in [-0.05, 0) is 30.9 Å². The first kappa shape index (κ1) is 14.5. The summed E-state index contributed by atoms with van der Waals surface area (Å²) in [4.78, 5) is 0. The molecule has 3 heteroatoms. The lowest BCUT2D eigenvalue weighted by molar-refractivity contribution is 0.00915. The maximum Gasteiger partial charge on any atom is 0.0978 e. The van der Waals surface area contributed by atoms with Gasteiger partial charge in [-0.3, -0.25) is 0 Å². The Labute approximate surface area is 116 Å². The van der Waals surface area contributed by atoms with E-state index in [1.54, 1.807) is 0 Å². The second-order valence-electron chi connectivity index (χ2n) is 5.41. The average Bonchev–Trinajstić information content (AvgIpc) is 2.93. The maximum atomic E-state index is 6.25. The minimum absolute atomic E-state index is 0.00759. The zero-order valence-corrected chi connectivity index (χ0v) is 12.0. The van der Waals surface area contributed by atoms with E-state index in [0.717, 1.165) is 32.7 Å². The molecule has 3 atom stereocenters. The quantitative estimate of drug-likeness (QED) is 0.858. The van der Waals surface area contributed by atoms with Gasteiger partial charge in [0, 0.05) is 18.6 Å². The molecule has 1 aromatic rings. The Morgan fingerprint density at radius 3 is 2.84 bits per heavy atom. The van der Waals surface area contributed by atoms with Gasteiger partial charge in [-0.25, -0.2) is 0 Å². The molecule has 1 aliphatic heterocycles. The summed E-state index contributed by atoms with van der Waals surface area (Å²) in [6.45, 7) is 6.65. The SMILES string of the molecule is CCC(N)C(OCC1CCOC1)c1ccccc1C. The van der Waals surface area contributed by atoms with Crippen LogP contribution in [0.4, 0.5) is 0 Å². The molecule has 0 saturated carbocycles. The van der Waals surface area contributed by atoms with Crippen molar-refractivity contribution in [2.75, 3.05) is 19.8 Å². The first-order valence-corrected chi connectivity index (χ1v) is 7.22. The normalized spacial score (nSPS) is 22.4. The first-order valence-electron chi connectivity index (χ1n) is 7.22. The van der Waals surface area contributed by atoms with Crippen LogP contribution in [-0.2, 0) is 9.47 Å². The molecular weight excluding hydrogens is 238 g/mol. The molecule has 1 aromatic carbocycles. The third kappa shape index (κ3) is 3.78. The highest BCUT2D eigenvalue weighted by Crippen LogP contribution is 2.26. The molecule has 1 aliphatic rings.